The average molecular weight is 349 g/mol. The van der Waals surface area contributed by atoms with Crippen LogP contribution in [0.3, 0.4) is 0 Å². The first-order chi connectivity index (χ1) is 11.0. The van der Waals surface area contributed by atoms with Crippen LogP contribution in [0.5, 0.6) is 0 Å². The van der Waals surface area contributed by atoms with E-state index in [1.54, 1.807) is 49.5 Å². The van der Waals surface area contributed by atoms with Crippen molar-refractivity contribution < 1.29 is 12.8 Å². The van der Waals surface area contributed by atoms with E-state index in [2.05, 4.69) is 10.3 Å². The van der Waals surface area contributed by atoms with Gasteiger partial charge in [0.15, 0.2) is 0 Å². The average Bonchev–Trinajstić information content (AvgIpc) is 3.01. The molecule has 0 saturated heterocycles. The highest BCUT2D eigenvalue weighted by atomic mass is 35.5. The van der Waals surface area contributed by atoms with Crippen LogP contribution in [-0.2, 0) is 9.84 Å². The van der Waals surface area contributed by atoms with E-state index in [0.717, 1.165) is 0 Å². The van der Waals surface area contributed by atoms with Crippen LogP contribution in [-0.4, -0.2) is 20.4 Å². The standard InChI is InChI=1S/C16H13ClN2O3S/c1-18-15-16(23(20,21)13-5-3-2-4-6-13)19-14(22-15)11-7-9-12(17)10-8-11/h2-10,18H,1H3. The van der Waals surface area contributed by atoms with Crippen molar-refractivity contribution in [3.05, 3.63) is 59.6 Å². The van der Waals surface area contributed by atoms with E-state index in [9.17, 15) is 8.42 Å². The first-order valence-electron chi connectivity index (χ1n) is 6.77. The van der Waals surface area contributed by atoms with Gasteiger partial charge in [0.25, 0.3) is 0 Å². The minimum Gasteiger partial charge on any atom is -0.419 e. The normalized spacial score (nSPS) is 11.4. The number of rotatable bonds is 4. The van der Waals surface area contributed by atoms with E-state index in [-0.39, 0.29) is 21.7 Å². The lowest BCUT2D eigenvalue weighted by Crippen LogP contribution is -2.05. The van der Waals surface area contributed by atoms with Crippen molar-refractivity contribution in [1.82, 2.24) is 4.98 Å². The summed E-state index contributed by atoms with van der Waals surface area (Å²) in [5.41, 5.74) is 0.639. The van der Waals surface area contributed by atoms with Crippen molar-refractivity contribution in [2.75, 3.05) is 12.4 Å². The second kappa shape index (κ2) is 6.06. The number of nitrogens with one attached hydrogen (secondary N) is 1. The van der Waals surface area contributed by atoms with Crippen LogP contribution in [0.15, 0.2) is 68.9 Å². The Hall–Kier alpha value is -2.31. The SMILES string of the molecule is CNc1oc(-c2ccc(Cl)cc2)nc1S(=O)(=O)c1ccccc1. The summed E-state index contributed by atoms with van der Waals surface area (Å²) in [6.07, 6.45) is 0. The predicted molar refractivity (Wildman–Crippen MR) is 88.4 cm³/mol. The van der Waals surface area contributed by atoms with E-state index in [4.69, 9.17) is 16.0 Å². The highest BCUT2D eigenvalue weighted by Crippen LogP contribution is 2.32. The summed E-state index contributed by atoms with van der Waals surface area (Å²) < 4.78 is 31.0. The third-order valence-electron chi connectivity index (χ3n) is 3.22. The van der Waals surface area contributed by atoms with E-state index in [0.29, 0.717) is 10.6 Å². The minimum atomic E-state index is -3.77. The Balaban J connectivity index is 2.12. The second-order valence-electron chi connectivity index (χ2n) is 4.73. The first kappa shape index (κ1) is 15.6. The fourth-order valence-corrected chi connectivity index (χ4v) is 3.53. The molecule has 1 N–H and O–H groups in total. The lowest BCUT2D eigenvalue weighted by molar-refractivity contribution is 0.580. The van der Waals surface area contributed by atoms with E-state index in [1.165, 1.54) is 12.1 Å². The Labute approximate surface area is 138 Å². The van der Waals surface area contributed by atoms with Gasteiger partial charge in [0.05, 0.1) is 4.90 Å². The van der Waals surface area contributed by atoms with Crippen LogP contribution >= 0.6 is 11.6 Å². The van der Waals surface area contributed by atoms with E-state index < -0.39 is 9.84 Å². The quantitative estimate of drug-likeness (QED) is 0.774. The molecule has 0 atom stereocenters. The molecule has 0 fully saturated rings. The molecule has 0 aliphatic heterocycles. The molecule has 3 aromatic rings. The molecular weight excluding hydrogens is 336 g/mol. The van der Waals surface area contributed by atoms with Crippen LogP contribution in [0.4, 0.5) is 5.88 Å². The molecule has 118 valence electrons. The number of halogens is 1. The summed E-state index contributed by atoms with van der Waals surface area (Å²) >= 11 is 5.86. The maximum absolute atomic E-state index is 12.7. The number of sulfone groups is 1. The van der Waals surface area contributed by atoms with E-state index in [1.807, 2.05) is 0 Å². The Bertz CT molecular complexity index is 920. The predicted octanol–water partition coefficient (Wildman–Crippen LogP) is 3.87. The van der Waals surface area contributed by atoms with Gasteiger partial charge in [-0.05, 0) is 36.4 Å². The maximum atomic E-state index is 12.7. The second-order valence-corrected chi connectivity index (χ2v) is 7.03. The van der Waals surface area contributed by atoms with Gasteiger partial charge >= 0.3 is 0 Å². The molecule has 0 radical (unpaired) electrons. The molecule has 0 unspecified atom stereocenters. The monoisotopic (exact) mass is 348 g/mol. The van der Waals surface area contributed by atoms with Crippen LogP contribution < -0.4 is 5.32 Å². The van der Waals surface area contributed by atoms with Crippen molar-refractivity contribution in [2.24, 2.45) is 0 Å². The number of benzene rings is 2. The minimum absolute atomic E-state index is 0.0961. The zero-order valence-corrected chi connectivity index (χ0v) is 13.7. The van der Waals surface area contributed by atoms with Gasteiger partial charge in [-0.15, -0.1) is 0 Å². The summed E-state index contributed by atoms with van der Waals surface area (Å²) in [5.74, 6) is 0.305. The Morgan fingerprint density at radius 3 is 2.30 bits per heavy atom. The summed E-state index contributed by atoms with van der Waals surface area (Å²) in [7, 11) is -2.19. The van der Waals surface area contributed by atoms with E-state index >= 15 is 0 Å². The Morgan fingerprint density at radius 2 is 1.70 bits per heavy atom. The summed E-state index contributed by atoms with van der Waals surface area (Å²) in [6.45, 7) is 0. The van der Waals surface area contributed by atoms with Crippen LogP contribution in [0, 0.1) is 0 Å². The van der Waals surface area contributed by atoms with Gasteiger partial charge in [-0.25, -0.2) is 8.42 Å². The van der Waals surface area contributed by atoms with Crippen molar-refractivity contribution >= 4 is 27.3 Å². The van der Waals surface area contributed by atoms with Gasteiger partial charge in [-0.3, -0.25) is 0 Å². The largest absolute Gasteiger partial charge is 0.419 e. The number of aromatic nitrogens is 1. The molecule has 0 bridgehead atoms. The number of oxazole rings is 1. The molecule has 5 nitrogen and oxygen atoms in total. The molecule has 7 heteroatoms. The molecule has 0 amide bonds. The van der Waals surface area contributed by atoms with Gasteiger partial charge in [-0.1, -0.05) is 29.8 Å². The lowest BCUT2D eigenvalue weighted by Gasteiger charge is -2.02. The van der Waals surface area contributed by atoms with Gasteiger partial charge in [0.2, 0.25) is 26.6 Å². The summed E-state index contributed by atoms with van der Waals surface area (Å²) in [6, 6.07) is 14.9. The number of anilines is 1. The third kappa shape index (κ3) is 2.95. The number of hydrogen-bond acceptors (Lipinski definition) is 5. The molecule has 1 aromatic heterocycles. The van der Waals surface area contributed by atoms with Gasteiger partial charge < -0.3 is 9.73 Å². The topological polar surface area (TPSA) is 72.2 Å². The van der Waals surface area contributed by atoms with Gasteiger partial charge in [-0.2, -0.15) is 4.98 Å². The zero-order valence-electron chi connectivity index (χ0n) is 12.2. The summed E-state index contributed by atoms with van der Waals surface area (Å²) in [4.78, 5) is 4.33. The zero-order chi connectivity index (χ0) is 16.4. The molecular formula is C16H13ClN2O3S. The number of hydrogen-bond donors (Lipinski definition) is 1. The van der Waals surface area contributed by atoms with Gasteiger partial charge in [0.1, 0.15) is 0 Å². The van der Waals surface area contributed by atoms with Crippen molar-refractivity contribution in [1.29, 1.82) is 0 Å². The maximum Gasteiger partial charge on any atom is 0.233 e. The van der Waals surface area contributed by atoms with Gasteiger partial charge in [0, 0.05) is 17.6 Å². The lowest BCUT2D eigenvalue weighted by atomic mass is 10.2. The molecule has 3 rings (SSSR count). The highest BCUT2D eigenvalue weighted by Gasteiger charge is 2.27. The molecule has 0 aliphatic carbocycles. The summed E-state index contributed by atoms with van der Waals surface area (Å²) in [5, 5.41) is 3.17. The molecule has 0 aliphatic rings. The molecule has 1 heterocycles. The molecule has 0 saturated carbocycles. The van der Waals surface area contributed by atoms with Crippen molar-refractivity contribution in [2.45, 2.75) is 9.92 Å². The van der Waals surface area contributed by atoms with Crippen molar-refractivity contribution in [3.63, 3.8) is 0 Å². The molecule has 0 spiro atoms. The number of nitrogens with zero attached hydrogens (tertiary/aromatic N) is 1. The highest BCUT2D eigenvalue weighted by molar-refractivity contribution is 7.91. The van der Waals surface area contributed by atoms with Crippen LogP contribution in [0.2, 0.25) is 5.02 Å². The first-order valence-corrected chi connectivity index (χ1v) is 8.63. The van der Waals surface area contributed by atoms with Crippen molar-refractivity contribution in [3.8, 4) is 11.5 Å². The molecule has 23 heavy (non-hydrogen) atoms. The molecule has 2 aromatic carbocycles. The Morgan fingerprint density at radius 1 is 1.04 bits per heavy atom. The smallest absolute Gasteiger partial charge is 0.233 e. The fourth-order valence-electron chi connectivity index (χ4n) is 2.07. The van der Waals surface area contributed by atoms with Crippen LogP contribution in [0.1, 0.15) is 0 Å². The third-order valence-corrected chi connectivity index (χ3v) is 5.15. The Kier molecular flexibility index (Phi) is 4.11. The van der Waals surface area contributed by atoms with Crippen LogP contribution in [0.25, 0.3) is 11.5 Å². The fraction of sp³-hybridized carbons (Fsp3) is 0.0625.